The van der Waals surface area contributed by atoms with E-state index in [0.717, 1.165) is 0 Å². The number of imide groups is 1. The number of nitrogens with two attached hydrogens (primary N) is 1. The summed E-state index contributed by atoms with van der Waals surface area (Å²) in [5, 5.41) is 2.27. The fourth-order valence-electron chi connectivity index (χ4n) is 1.45. The van der Waals surface area contributed by atoms with E-state index in [4.69, 9.17) is 5.73 Å². The Morgan fingerprint density at radius 1 is 1.00 bits per heavy atom. The van der Waals surface area contributed by atoms with Gasteiger partial charge in [-0.05, 0) is 24.3 Å². The molecule has 0 aliphatic rings. The van der Waals surface area contributed by atoms with Crippen molar-refractivity contribution in [1.29, 1.82) is 0 Å². The number of nitrogens with zero attached hydrogens (tertiary/aromatic N) is 1. The molecule has 0 unspecified atom stereocenters. The number of benzene rings is 1. The number of carbonyl (C=O) groups is 2. The maximum Gasteiger partial charge on any atom is 0.260 e. The normalized spacial score (nSPS) is 9.78. The van der Waals surface area contributed by atoms with E-state index in [1.807, 2.05) is 0 Å². The van der Waals surface area contributed by atoms with Gasteiger partial charge in [0.2, 0.25) is 0 Å². The van der Waals surface area contributed by atoms with Gasteiger partial charge in [0.25, 0.3) is 11.8 Å². The molecule has 3 N–H and O–H groups in total. The highest BCUT2D eigenvalue weighted by Gasteiger charge is 2.13. The lowest BCUT2D eigenvalue weighted by Gasteiger charge is -2.06. The predicted octanol–water partition coefficient (Wildman–Crippen LogP) is 1.23. The standard InChI is InChI=1S/C13H11N3O2/c14-11-4-2-1-3-10(11)13(18)16-12(17)9-5-7-15-8-6-9/h1-8H,14H2,(H,16,17,18). The van der Waals surface area contributed by atoms with Crippen LogP contribution in [0.15, 0.2) is 48.8 Å². The Morgan fingerprint density at radius 3 is 2.33 bits per heavy atom. The second-order valence-corrected chi connectivity index (χ2v) is 3.61. The zero-order chi connectivity index (χ0) is 13.0. The van der Waals surface area contributed by atoms with Crippen LogP contribution >= 0.6 is 0 Å². The Bertz CT molecular complexity index is 582. The van der Waals surface area contributed by atoms with E-state index in [0.29, 0.717) is 11.3 Å². The van der Waals surface area contributed by atoms with Crippen molar-refractivity contribution in [3.8, 4) is 0 Å². The van der Waals surface area contributed by atoms with Crippen molar-refractivity contribution < 1.29 is 9.59 Å². The number of para-hydroxylation sites is 1. The van der Waals surface area contributed by atoms with E-state index in [9.17, 15) is 9.59 Å². The molecule has 0 aliphatic heterocycles. The summed E-state index contributed by atoms with van der Waals surface area (Å²) < 4.78 is 0. The Morgan fingerprint density at radius 2 is 1.67 bits per heavy atom. The molecule has 1 heterocycles. The first-order valence-electron chi connectivity index (χ1n) is 5.28. The predicted molar refractivity (Wildman–Crippen MR) is 66.9 cm³/mol. The Kier molecular flexibility index (Phi) is 3.33. The van der Waals surface area contributed by atoms with Crippen molar-refractivity contribution in [2.24, 2.45) is 0 Å². The Balaban J connectivity index is 2.14. The molecule has 1 aromatic carbocycles. The van der Waals surface area contributed by atoms with Crippen LogP contribution in [-0.2, 0) is 0 Å². The molecule has 0 saturated heterocycles. The summed E-state index contributed by atoms with van der Waals surface area (Å²) in [6.07, 6.45) is 2.96. The number of pyridine rings is 1. The molecule has 18 heavy (non-hydrogen) atoms. The number of anilines is 1. The smallest absolute Gasteiger partial charge is 0.260 e. The zero-order valence-electron chi connectivity index (χ0n) is 9.46. The number of hydrogen-bond acceptors (Lipinski definition) is 4. The summed E-state index contributed by atoms with van der Waals surface area (Å²) in [6.45, 7) is 0. The minimum absolute atomic E-state index is 0.278. The van der Waals surface area contributed by atoms with Gasteiger partial charge in [0.1, 0.15) is 0 Å². The van der Waals surface area contributed by atoms with E-state index < -0.39 is 11.8 Å². The summed E-state index contributed by atoms with van der Waals surface area (Å²) in [4.78, 5) is 27.4. The SMILES string of the molecule is Nc1ccccc1C(=O)NC(=O)c1ccncc1. The number of nitrogens with one attached hydrogen (secondary N) is 1. The second kappa shape index (κ2) is 5.09. The number of rotatable bonds is 2. The average molecular weight is 241 g/mol. The van der Waals surface area contributed by atoms with Crippen molar-refractivity contribution in [2.75, 3.05) is 5.73 Å². The maximum atomic E-state index is 11.8. The van der Waals surface area contributed by atoms with Crippen LogP contribution in [0.5, 0.6) is 0 Å². The monoisotopic (exact) mass is 241 g/mol. The van der Waals surface area contributed by atoms with Gasteiger partial charge < -0.3 is 5.73 Å². The van der Waals surface area contributed by atoms with Crippen LogP contribution in [-0.4, -0.2) is 16.8 Å². The Hall–Kier alpha value is -2.69. The molecule has 0 aliphatic carbocycles. The number of aromatic nitrogens is 1. The first-order valence-corrected chi connectivity index (χ1v) is 5.28. The molecule has 0 saturated carbocycles. The lowest BCUT2D eigenvalue weighted by molar-refractivity contribution is 0.0850. The van der Waals surface area contributed by atoms with E-state index in [-0.39, 0.29) is 5.56 Å². The highest BCUT2D eigenvalue weighted by atomic mass is 16.2. The summed E-state index contributed by atoms with van der Waals surface area (Å²) in [6, 6.07) is 9.61. The lowest BCUT2D eigenvalue weighted by atomic mass is 10.1. The largest absolute Gasteiger partial charge is 0.398 e. The van der Waals surface area contributed by atoms with Crippen LogP contribution in [0.2, 0.25) is 0 Å². The van der Waals surface area contributed by atoms with Crippen molar-refractivity contribution >= 4 is 17.5 Å². The quantitative estimate of drug-likeness (QED) is 0.611. The second-order valence-electron chi connectivity index (χ2n) is 3.61. The third kappa shape index (κ3) is 2.52. The van der Waals surface area contributed by atoms with Crippen LogP contribution in [0.3, 0.4) is 0 Å². The summed E-state index contributed by atoms with van der Waals surface area (Å²) in [7, 11) is 0. The molecule has 0 radical (unpaired) electrons. The summed E-state index contributed by atoms with van der Waals surface area (Å²) in [5.74, 6) is -0.999. The third-order valence-electron chi connectivity index (χ3n) is 2.37. The molecule has 0 atom stereocenters. The molecule has 2 aromatic rings. The Labute approximate surface area is 104 Å². The van der Waals surface area contributed by atoms with Gasteiger partial charge in [-0.1, -0.05) is 12.1 Å². The number of hydrogen-bond donors (Lipinski definition) is 2. The summed E-state index contributed by atoms with van der Waals surface area (Å²) >= 11 is 0. The van der Waals surface area contributed by atoms with Crippen molar-refractivity contribution in [3.05, 3.63) is 59.9 Å². The molecule has 2 amide bonds. The van der Waals surface area contributed by atoms with E-state index in [2.05, 4.69) is 10.3 Å². The highest BCUT2D eigenvalue weighted by molar-refractivity contribution is 6.12. The van der Waals surface area contributed by atoms with Crippen LogP contribution in [0.4, 0.5) is 5.69 Å². The molecule has 0 fully saturated rings. The van der Waals surface area contributed by atoms with Gasteiger partial charge in [0.05, 0.1) is 5.56 Å². The number of amides is 2. The third-order valence-corrected chi connectivity index (χ3v) is 2.37. The molecule has 90 valence electrons. The van der Waals surface area contributed by atoms with Crippen LogP contribution in [0.25, 0.3) is 0 Å². The molecule has 5 heteroatoms. The van der Waals surface area contributed by atoms with Gasteiger partial charge in [0.15, 0.2) is 0 Å². The van der Waals surface area contributed by atoms with Crippen molar-refractivity contribution in [3.63, 3.8) is 0 Å². The van der Waals surface area contributed by atoms with Crippen molar-refractivity contribution in [1.82, 2.24) is 10.3 Å². The molecule has 2 rings (SSSR count). The van der Waals surface area contributed by atoms with Crippen LogP contribution < -0.4 is 11.1 Å². The lowest BCUT2D eigenvalue weighted by Crippen LogP contribution is -2.30. The fourth-order valence-corrected chi connectivity index (χ4v) is 1.45. The molecule has 0 bridgehead atoms. The first kappa shape index (κ1) is 11.8. The number of carbonyl (C=O) groups excluding carboxylic acids is 2. The summed E-state index contributed by atoms with van der Waals surface area (Å²) in [5.41, 5.74) is 6.63. The molecule has 0 spiro atoms. The van der Waals surface area contributed by atoms with Crippen LogP contribution in [0.1, 0.15) is 20.7 Å². The minimum atomic E-state index is -0.519. The van der Waals surface area contributed by atoms with Gasteiger partial charge in [-0.2, -0.15) is 0 Å². The first-order chi connectivity index (χ1) is 8.68. The van der Waals surface area contributed by atoms with E-state index in [1.165, 1.54) is 24.5 Å². The topological polar surface area (TPSA) is 85.1 Å². The minimum Gasteiger partial charge on any atom is -0.398 e. The van der Waals surface area contributed by atoms with Crippen molar-refractivity contribution in [2.45, 2.75) is 0 Å². The van der Waals surface area contributed by atoms with Crippen LogP contribution in [0, 0.1) is 0 Å². The molecule has 1 aromatic heterocycles. The molecular formula is C13H11N3O2. The van der Waals surface area contributed by atoms with Gasteiger partial charge >= 0.3 is 0 Å². The van der Waals surface area contributed by atoms with Gasteiger partial charge in [-0.25, -0.2) is 0 Å². The van der Waals surface area contributed by atoms with Gasteiger partial charge in [0, 0.05) is 23.6 Å². The van der Waals surface area contributed by atoms with E-state index in [1.54, 1.807) is 24.3 Å². The van der Waals surface area contributed by atoms with Gasteiger partial charge in [-0.15, -0.1) is 0 Å². The zero-order valence-corrected chi connectivity index (χ0v) is 9.46. The van der Waals surface area contributed by atoms with Gasteiger partial charge in [-0.3, -0.25) is 19.9 Å². The highest BCUT2D eigenvalue weighted by Crippen LogP contribution is 2.10. The molecular weight excluding hydrogens is 230 g/mol. The average Bonchev–Trinajstić information content (AvgIpc) is 2.40. The molecule has 5 nitrogen and oxygen atoms in total. The van der Waals surface area contributed by atoms with E-state index >= 15 is 0 Å². The maximum absolute atomic E-state index is 11.8. The fraction of sp³-hybridized carbons (Fsp3) is 0. The number of nitrogen functional groups attached to an aromatic ring is 1.